The number of nitrogens with zero attached hydrogens (tertiary/aromatic N) is 2. The lowest BCUT2D eigenvalue weighted by atomic mass is 10.1. The van der Waals surface area contributed by atoms with E-state index in [0.717, 1.165) is 28.5 Å². The van der Waals surface area contributed by atoms with E-state index < -0.39 is 0 Å². The Balaban J connectivity index is 1.83. The van der Waals surface area contributed by atoms with E-state index in [1.54, 1.807) is 13.2 Å². The van der Waals surface area contributed by atoms with Crippen LogP contribution >= 0.6 is 23.2 Å². The quantitative estimate of drug-likeness (QED) is 0.496. The number of benzene rings is 2. The minimum atomic E-state index is 0.544. The van der Waals surface area contributed by atoms with Crippen molar-refractivity contribution < 1.29 is 9.47 Å². The van der Waals surface area contributed by atoms with Crippen molar-refractivity contribution >= 4 is 29.2 Å². The summed E-state index contributed by atoms with van der Waals surface area (Å²) in [6, 6.07) is 13.5. The molecule has 1 N–H and O–H groups in total. The molecule has 0 unspecified atom stereocenters. The molecular formula is C21H23Cl2N3O2. The van der Waals surface area contributed by atoms with Crippen LogP contribution in [-0.2, 0) is 17.8 Å². The zero-order valence-electron chi connectivity index (χ0n) is 15.9. The molecule has 0 saturated heterocycles. The summed E-state index contributed by atoms with van der Waals surface area (Å²) in [4.78, 5) is 4.56. The van der Waals surface area contributed by atoms with Crippen molar-refractivity contribution in [3.05, 3.63) is 64.3 Å². The van der Waals surface area contributed by atoms with Gasteiger partial charge in [-0.2, -0.15) is 0 Å². The summed E-state index contributed by atoms with van der Waals surface area (Å²) < 4.78 is 12.9. The van der Waals surface area contributed by atoms with Crippen LogP contribution in [0.4, 0.5) is 5.95 Å². The van der Waals surface area contributed by atoms with Gasteiger partial charge in [-0.25, -0.2) is 4.98 Å². The Morgan fingerprint density at radius 2 is 1.89 bits per heavy atom. The van der Waals surface area contributed by atoms with Crippen LogP contribution in [0.2, 0.25) is 10.0 Å². The van der Waals surface area contributed by atoms with Gasteiger partial charge in [0.2, 0.25) is 5.95 Å². The van der Waals surface area contributed by atoms with Crippen molar-refractivity contribution in [3.63, 3.8) is 0 Å². The molecule has 0 aliphatic heterocycles. The van der Waals surface area contributed by atoms with Gasteiger partial charge in [-0.1, -0.05) is 29.3 Å². The van der Waals surface area contributed by atoms with Crippen molar-refractivity contribution in [3.8, 4) is 17.0 Å². The molecule has 3 aromatic rings. The van der Waals surface area contributed by atoms with Crippen LogP contribution in [0.15, 0.2) is 48.7 Å². The molecule has 0 radical (unpaired) electrons. The standard InChI is InChI=1S/C21H23Cl2N3O2/c1-3-28-18-8-5-15(6-9-18)20-14-25-21(26(20)10-11-27-2)24-13-16-4-7-17(22)12-19(16)23/h4-9,12,14H,3,10-11,13H2,1-2H3,(H,24,25). The average molecular weight is 420 g/mol. The number of hydrogen-bond donors (Lipinski definition) is 1. The van der Waals surface area contributed by atoms with E-state index in [2.05, 4.69) is 14.9 Å². The molecule has 7 heteroatoms. The van der Waals surface area contributed by atoms with Crippen LogP contribution in [0.3, 0.4) is 0 Å². The molecule has 2 aromatic carbocycles. The van der Waals surface area contributed by atoms with E-state index in [9.17, 15) is 0 Å². The van der Waals surface area contributed by atoms with Crippen molar-refractivity contribution in [1.29, 1.82) is 0 Å². The maximum absolute atomic E-state index is 6.28. The number of methoxy groups -OCH3 is 1. The Morgan fingerprint density at radius 1 is 1.11 bits per heavy atom. The Labute approximate surface area is 175 Å². The van der Waals surface area contributed by atoms with E-state index in [4.69, 9.17) is 32.7 Å². The summed E-state index contributed by atoms with van der Waals surface area (Å²) in [5, 5.41) is 4.61. The number of aromatic nitrogens is 2. The van der Waals surface area contributed by atoms with Crippen molar-refractivity contribution in [2.75, 3.05) is 25.6 Å². The fourth-order valence-corrected chi connectivity index (χ4v) is 3.36. The van der Waals surface area contributed by atoms with Gasteiger partial charge in [-0.3, -0.25) is 0 Å². The summed E-state index contributed by atoms with van der Waals surface area (Å²) in [6.07, 6.45) is 1.86. The van der Waals surface area contributed by atoms with Gasteiger partial charge >= 0.3 is 0 Å². The van der Waals surface area contributed by atoms with Crippen LogP contribution in [0, 0.1) is 0 Å². The van der Waals surface area contributed by atoms with Crippen molar-refractivity contribution in [2.24, 2.45) is 0 Å². The Hall–Kier alpha value is -2.21. The molecule has 0 amide bonds. The Kier molecular flexibility index (Phi) is 7.20. The maximum atomic E-state index is 6.28. The minimum absolute atomic E-state index is 0.544. The number of hydrogen-bond acceptors (Lipinski definition) is 4. The predicted octanol–water partition coefficient (Wildman–Crippen LogP) is 5.51. The summed E-state index contributed by atoms with van der Waals surface area (Å²) in [5.41, 5.74) is 3.02. The van der Waals surface area contributed by atoms with Gasteiger partial charge in [0.1, 0.15) is 5.75 Å². The SMILES string of the molecule is CCOc1ccc(-c2cnc(NCc3ccc(Cl)cc3Cl)n2CCOC)cc1. The summed E-state index contributed by atoms with van der Waals surface area (Å²) >= 11 is 12.3. The third kappa shape index (κ3) is 4.98. The first kappa shape index (κ1) is 20.5. The lowest BCUT2D eigenvalue weighted by molar-refractivity contribution is 0.188. The van der Waals surface area contributed by atoms with Crippen LogP contribution in [0.1, 0.15) is 12.5 Å². The second-order valence-electron chi connectivity index (χ2n) is 6.16. The fraction of sp³-hybridized carbons (Fsp3) is 0.286. The van der Waals surface area contributed by atoms with Crippen LogP contribution in [0.5, 0.6) is 5.75 Å². The molecule has 1 heterocycles. The predicted molar refractivity (Wildman–Crippen MR) is 114 cm³/mol. The summed E-state index contributed by atoms with van der Waals surface area (Å²) in [6.45, 7) is 4.42. The number of ether oxygens (including phenoxy) is 2. The zero-order chi connectivity index (χ0) is 19.9. The lowest BCUT2D eigenvalue weighted by Crippen LogP contribution is -2.12. The Morgan fingerprint density at radius 3 is 2.57 bits per heavy atom. The molecule has 0 aliphatic rings. The van der Waals surface area contributed by atoms with Gasteiger partial charge in [0, 0.05) is 35.8 Å². The van der Waals surface area contributed by atoms with E-state index in [-0.39, 0.29) is 0 Å². The number of nitrogens with one attached hydrogen (secondary N) is 1. The zero-order valence-corrected chi connectivity index (χ0v) is 17.4. The van der Waals surface area contributed by atoms with E-state index in [1.807, 2.05) is 49.5 Å². The number of halogens is 2. The second-order valence-corrected chi connectivity index (χ2v) is 7.00. The molecule has 0 saturated carbocycles. The molecule has 28 heavy (non-hydrogen) atoms. The smallest absolute Gasteiger partial charge is 0.203 e. The van der Waals surface area contributed by atoms with Gasteiger partial charge in [0.15, 0.2) is 0 Å². The topological polar surface area (TPSA) is 48.3 Å². The molecule has 148 valence electrons. The van der Waals surface area contributed by atoms with Crippen molar-refractivity contribution in [2.45, 2.75) is 20.0 Å². The number of anilines is 1. The Bertz CT molecular complexity index is 911. The molecule has 0 spiro atoms. The highest BCUT2D eigenvalue weighted by atomic mass is 35.5. The minimum Gasteiger partial charge on any atom is -0.494 e. The van der Waals surface area contributed by atoms with Crippen LogP contribution < -0.4 is 10.1 Å². The normalized spacial score (nSPS) is 10.9. The second kappa shape index (κ2) is 9.82. The van der Waals surface area contributed by atoms with Crippen LogP contribution in [0.25, 0.3) is 11.3 Å². The molecule has 5 nitrogen and oxygen atoms in total. The molecule has 3 rings (SSSR count). The number of imidazole rings is 1. The first-order valence-corrected chi connectivity index (χ1v) is 9.83. The third-order valence-corrected chi connectivity index (χ3v) is 4.87. The highest BCUT2D eigenvalue weighted by molar-refractivity contribution is 6.35. The van der Waals surface area contributed by atoms with Crippen molar-refractivity contribution in [1.82, 2.24) is 9.55 Å². The highest BCUT2D eigenvalue weighted by Gasteiger charge is 2.12. The van der Waals surface area contributed by atoms with Gasteiger partial charge in [0.25, 0.3) is 0 Å². The molecule has 0 aliphatic carbocycles. The lowest BCUT2D eigenvalue weighted by Gasteiger charge is -2.14. The van der Waals surface area contributed by atoms with Gasteiger partial charge < -0.3 is 19.4 Å². The fourth-order valence-electron chi connectivity index (χ4n) is 2.88. The van der Waals surface area contributed by atoms with Gasteiger partial charge in [-0.05, 0) is 48.9 Å². The third-order valence-electron chi connectivity index (χ3n) is 4.29. The average Bonchev–Trinajstić information content (AvgIpc) is 3.09. The first-order valence-electron chi connectivity index (χ1n) is 9.08. The molecule has 0 fully saturated rings. The molecule has 0 atom stereocenters. The molecule has 1 aromatic heterocycles. The van der Waals surface area contributed by atoms with Crippen LogP contribution in [-0.4, -0.2) is 29.9 Å². The first-order chi connectivity index (χ1) is 13.6. The van der Waals surface area contributed by atoms with E-state index >= 15 is 0 Å². The van der Waals surface area contributed by atoms with E-state index in [0.29, 0.717) is 36.3 Å². The van der Waals surface area contributed by atoms with E-state index in [1.165, 1.54) is 0 Å². The summed E-state index contributed by atoms with van der Waals surface area (Å²) in [7, 11) is 1.69. The molecule has 0 bridgehead atoms. The van der Waals surface area contributed by atoms with Gasteiger partial charge in [-0.15, -0.1) is 0 Å². The van der Waals surface area contributed by atoms with Gasteiger partial charge in [0.05, 0.1) is 25.1 Å². The largest absolute Gasteiger partial charge is 0.494 e. The monoisotopic (exact) mass is 419 g/mol. The molecular weight excluding hydrogens is 397 g/mol. The highest BCUT2D eigenvalue weighted by Crippen LogP contribution is 2.27. The number of rotatable bonds is 9. The summed E-state index contributed by atoms with van der Waals surface area (Å²) in [5.74, 6) is 1.61. The maximum Gasteiger partial charge on any atom is 0.203 e.